The molecule has 0 aromatic heterocycles. The predicted octanol–water partition coefficient (Wildman–Crippen LogP) is 3.60. The van der Waals surface area contributed by atoms with Crippen molar-refractivity contribution < 1.29 is 4.74 Å². The molecule has 1 atom stereocenters. The summed E-state index contributed by atoms with van der Waals surface area (Å²) in [5.41, 5.74) is 1.54. The van der Waals surface area contributed by atoms with E-state index in [2.05, 4.69) is 13.2 Å². The minimum Gasteiger partial charge on any atom is -0.498 e. The van der Waals surface area contributed by atoms with E-state index in [1.165, 1.54) is 49.2 Å². The summed E-state index contributed by atoms with van der Waals surface area (Å²) in [6.45, 7) is 2.21. The predicted molar refractivity (Wildman–Crippen MR) is 62.5 cm³/mol. The van der Waals surface area contributed by atoms with Crippen molar-refractivity contribution in [3.63, 3.8) is 0 Å². The van der Waals surface area contributed by atoms with Gasteiger partial charge in [-0.3, -0.25) is 0 Å². The van der Waals surface area contributed by atoms with E-state index in [0.717, 1.165) is 5.92 Å². The van der Waals surface area contributed by atoms with Crippen molar-refractivity contribution >= 4 is 11.8 Å². The van der Waals surface area contributed by atoms with Gasteiger partial charge in [-0.1, -0.05) is 6.42 Å². The van der Waals surface area contributed by atoms with Crippen molar-refractivity contribution in [2.24, 2.45) is 5.92 Å². The van der Waals surface area contributed by atoms with Crippen LogP contribution in [0.4, 0.5) is 0 Å². The molecule has 2 heteroatoms. The largest absolute Gasteiger partial charge is 0.498 e. The summed E-state index contributed by atoms with van der Waals surface area (Å²) in [5.74, 6) is 3.40. The molecule has 0 aromatic rings. The maximum Gasteiger partial charge on any atom is 0.0994 e. The molecule has 14 heavy (non-hydrogen) atoms. The highest BCUT2D eigenvalue weighted by Gasteiger charge is 2.25. The van der Waals surface area contributed by atoms with Crippen LogP contribution in [0.3, 0.4) is 0 Å². The van der Waals surface area contributed by atoms with Gasteiger partial charge in [-0.25, -0.2) is 0 Å². The zero-order chi connectivity index (χ0) is 9.80. The maximum atomic E-state index is 5.81. The summed E-state index contributed by atoms with van der Waals surface area (Å²) in [5, 5.41) is 0. The number of hydrogen-bond donors (Lipinski definition) is 0. The first-order valence-electron chi connectivity index (χ1n) is 5.77. The topological polar surface area (TPSA) is 9.23 Å². The van der Waals surface area contributed by atoms with Gasteiger partial charge in [0, 0.05) is 17.4 Å². The zero-order valence-electron chi connectivity index (χ0n) is 9.00. The molecule has 1 aliphatic heterocycles. The highest BCUT2D eigenvalue weighted by molar-refractivity contribution is 8.00. The Kier molecular flexibility index (Phi) is 3.80. The van der Waals surface area contributed by atoms with E-state index in [0.29, 0.717) is 6.10 Å². The lowest BCUT2D eigenvalue weighted by Crippen LogP contribution is -2.30. The Hall–Kier alpha value is -0.110. The molecular weight excluding hydrogens is 192 g/mol. The van der Waals surface area contributed by atoms with Crippen LogP contribution in [0.15, 0.2) is 11.8 Å². The van der Waals surface area contributed by atoms with Crippen LogP contribution < -0.4 is 0 Å². The highest BCUT2D eigenvalue weighted by atomic mass is 32.2. The Labute approximate surface area is 91.3 Å². The molecule has 0 bridgehead atoms. The lowest BCUT2D eigenvalue weighted by atomic mass is 9.96. The van der Waals surface area contributed by atoms with E-state index in [-0.39, 0.29) is 0 Å². The minimum atomic E-state index is 0.436. The summed E-state index contributed by atoms with van der Waals surface area (Å²) in [7, 11) is 0. The third-order valence-electron chi connectivity index (χ3n) is 3.27. The molecule has 2 aliphatic rings. The molecule has 0 spiro atoms. The second-order valence-electron chi connectivity index (χ2n) is 4.48. The molecule has 1 aliphatic carbocycles. The standard InChI is InChI=1S/C12H20OS/c1-10(12-8-14-9-12)13-7-11-5-3-2-4-6-11/h7,10,12H,2-6,8-9H2,1H3. The number of ether oxygens (including phenoxy) is 1. The van der Waals surface area contributed by atoms with E-state index in [1.54, 1.807) is 0 Å². The fourth-order valence-electron chi connectivity index (χ4n) is 1.96. The molecule has 1 saturated carbocycles. The smallest absolute Gasteiger partial charge is 0.0994 e. The average Bonchev–Trinajstić information content (AvgIpc) is 2.14. The fraction of sp³-hybridized carbons (Fsp3) is 0.833. The SMILES string of the molecule is CC(OC=C1CCCCC1)C1CSC1. The van der Waals surface area contributed by atoms with Crippen molar-refractivity contribution in [1.82, 2.24) is 0 Å². The number of thioether (sulfide) groups is 1. The van der Waals surface area contributed by atoms with Gasteiger partial charge in [-0.15, -0.1) is 0 Å². The Bertz CT molecular complexity index is 200. The van der Waals surface area contributed by atoms with Crippen LogP contribution >= 0.6 is 11.8 Å². The van der Waals surface area contributed by atoms with Gasteiger partial charge in [0.15, 0.2) is 0 Å². The Balaban J connectivity index is 1.73. The molecule has 0 radical (unpaired) electrons. The van der Waals surface area contributed by atoms with E-state index < -0.39 is 0 Å². The van der Waals surface area contributed by atoms with Crippen molar-refractivity contribution in [1.29, 1.82) is 0 Å². The quantitative estimate of drug-likeness (QED) is 0.661. The van der Waals surface area contributed by atoms with Crippen LogP contribution in [0, 0.1) is 5.92 Å². The van der Waals surface area contributed by atoms with Crippen molar-refractivity contribution in [2.75, 3.05) is 11.5 Å². The molecule has 80 valence electrons. The first-order chi connectivity index (χ1) is 6.86. The van der Waals surface area contributed by atoms with Gasteiger partial charge in [0.1, 0.15) is 0 Å². The van der Waals surface area contributed by atoms with Gasteiger partial charge < -0.3 is 4.74 Å². The van der Waals surface area contributed by atoms with Gasteiger partial charge in [0.2, 0.25) is 0 Å². The summed E-state index contributed by atoms with van der Waals surface area (Å²) in [4.78, 5) is 0. The first kappa shape index (κ1) is 10.4. The Morgan fingerprint density at radius 1 is 1.29 bits per heavy atom. The summed E-state index contributed by atoms with van der Waals surface area (Å²) < 4.78 is 5.81. The normalized spacial score (nSPS) is 25.4. The molecule has 1 unspecified atom stereocenters. The Morgan fingerprint density at radius 2 is 2.00 bits per heavy atom. The van der Waals surface area contributed by atoms with Gasteiger partial charge in [-0.05, 0) is 38.2 Å². The molecule has 2 fully saturated rings. The van der Waals surface area contributed by atoms with Crippen LogP contribution in [-0.4, -0.2) is 17.6 Å². The molecule has 1 saturated heterocycles. The molecule has 0 amide bonds. The molecule has 2 rings (SSSR count). The molecule has 1 nitrogen and oxygen atoms in total. The minimum absolute atomic E-state index is 0.436. The van der Waals surface area contributed by atoms with Crippen molar-refractivity contribution in [3.8, 4) is 0 Å². The van der Waals surface area contributed by atoms with E-state index in [9.17, 15) is 0 Å². The third-order valence-corrected chi connectivity index (χ3v) is 4.60. The van der Waals surface area contributed by atoms with Crippen molar-refractivity contribution in [3.05, 3.63) is 11.8 Å². The molecule has 1 heterocycles. The van der Waals surface area contributed by atoms with Crippen LogP contribution in [0.2, 0.25) is 0 Å². The summed E-state index contributed by atoms with van der Waals surface area (Å²) in [6.07, 6.45) is 9.17. The first-order valence-corrected chi connectivity index (χ1v) is 6.93. The second-order valence-corrected chi connectivity index (χ2v) is 5.55. The Morgan fingerprint density at radius 3 is 2.57 bits per heavy atom. The van der Waals surface area contributed by atoms with Crippen LogP contribution in [0.25, 0.3) is 0 Å². The second kappa shape index (κ2) is 5.11. The highest BCUT2D eigenvalue weighted by Crippen LogP contribution is 2.30. The van der Waals surface area contributed by atoms with E-state index in [4.69, 9.17) is 4.74 Å². The van der Waals surface area contributed by atoms with Crippen molar-refractivity contribution in [2.45, 2.75) is 45.1 Å². The average molecular weight is 212 g/mol. The van der Waals surface area contributed by atoms with Crippen LogP contribution in [-0.2, 0) is 4.74 Å². The monoisotopic (exact) mass is 212 g/mol. The molecular formula is C12H20OS. The summed E-state index contributed by atoms with van der Waals surface area (Å²) >= 11 is 2.03. The number of rotatable bonds is 3. The lowest BCUT2D eigenvalue weighted by Gasteiger charge is -2.30. The molecule has 0 N–H and O–H groups in total. The van der Waals surface area contributed by atoms with Crippen LogP contribution in [0.1, 0.15) is 39.0 Å². The summed E-state index contributed by atoms with van der Waals surface area (Å²) in [6, 6.07) is 0. The number of hydrogen-bond acceptors (Lipinski definition) is 2. The molecule has 0 aromatic carbocycles. The van der Waals surface area contributed by atoms with E-state index >= 15 is 0 Å². The van der Waals surface area contributed by atoms with Gasteiger partial charge in [-0.2, -0.15) is 11.8 Å². The maximum absolute atomic E-state index is 5.81. The fourth-order valence-corrected chi connectivity index (χ4v) is 3.01. The lowest BCUT2D eigenvalue weighted by molar-refractivity contribution is 0.114. The number of allylic oxidation sites excluding steroid dienone is 1. The third kappa shape index (κ3) is 2.69. The van der Waals surface area contributed by atoms with Gasteiger partial charge in [0.05, 0.1) is 12.4 Å². The van der Waals surface area contributed by atoms with E-state index in [1.807, 2.05) is 11.8 Å². The van der Waals surface area contributed by atoms with Gasteiger partial charge >= 0.3 is 0 Å². The zero-order valence-corrected chi connectivity index (χ0v) is 9.81. The van der Waals surface area contributed by atoms with Gasteiger partial charge in [0.25, 0.3) is 0 Å². The van der Waals surface area contributed by atoms with Crippen LogP contribution in [0.5, 0.6) is 0 Å².